The first-order valence-electron chi connectivity index (χ1n) is 9.73. The van der Waals surface area contributed by atoms with Crippen molar-refractivity contribution in [2.45, 2.75) is 25.7 Å². The summed E-state index contributed by atoms with van der Waals surface area (Å²) >= 11 is 0. The maximum atomic E-state index is 13.0. The van der Waals surface area contributed by atoms with E-state index in [0.29, 0.717) is 24.2 Å². The van der Waals surface area contributed by atoms with Crippen LogP contribution in [-0.4, -0.2) is 42.0 Å². The van der Waals surface area contributed by atoms with E-state index in [-0.39, 0.29) is 11.5 Å². The Morgan fingerprint density at radius 2 is 1.74 bits per heavy atom. The SMILES string of the molecule is O=C(C1=C(O)CCc2ccccc21)c1ccc(OCCN2CCCC2)cc1. The van der Waals surface area contributed by atoms with Gasteiger partial charge in [-0.2, -0.15) is 0 Å². The van der Waals surface area contributed by atoms with Crippen molar-refractivity contribution >= 4 is 11.4 Å². The maximum absolute atomic E-state index is 13.0. The summed E-state index contributed by atoms with van der Waals surface area (Å²) in [5.74, 6) is 0.820. The van der Waals surface area contributed by atoms with Crippen LogP contribution in [0.2, 0.25) is 0 Å². The molecule has 1 fully saturated rings. The zero-order chi connectivity index (χ0) is 18.6. The average Bonchev–Trinajstić information content (AvgIpc) is 3.21. The first-order chi connectivity index (χ1) is 13.2. The van der Waals surface area contributed by atoms with Crippen LogP contribution in [0.25, 0.3) is 5.57 Å². The number of ketones is 1. The maximum Gasteiger partial charge on any atom is 0.197 e. The predicted molar refractivity (Wildman–Crippen MR) is 106 cm³/mol. The quantitative estimate of drug-likeness (QED) is 0.779. The van der Waals surface area contributed by atoms with Gasteiger partial charge in [0.15, 0.2) is 5.78 Å². The summed E-state index contributed by atoms with van der Waals surface area (Å²) in [6, 6.07) is 15.0. The molecule has 0 amide bonds. The van der Waals surface area contributed by atoms with E-state index in [1.54, 1.807) is 12.1 Å². The van der Waals surface area contributed by atoms with Crippen molar-refractivity contribution in [3.05, 3.63) is 71.0 Å². The van der Waals surface area contributed by atoms with Gasteiger partial charge in [-0.15, -0.1) is 0 Å². The van der Waals surface area contributed by atoms with Crippen molar-refractivity contribution in [2.24, 2.45) is 0 Å². The van der Waals surface area contributed by atoms with Gasteiger partial charge in [-0.25, -0.2) is 0 Å². The molecule has 4 heteroatoms. The molecule has 27 heavy (non-hydrogen) atoms. The Kier molecular flexibility index (Phi) is 5.26. The van der Waals surface area contributed by atoms with Crippen LogP contribution >= 0.6 is 0 Å². The molecular weight excluding hydrogens is 338 g/mol. The molecule has 4 rings (SSSR count). The fraction of sp³-hybridized carbons (Fsp3) is 0.348. The summed E-state index contributed by atoms with van der Waals surface area (Å²) in [5.41, 5.74) is 2.96. The summed E-state index contributed by atoms with van der Waals surface area (Å²) in [4.78, 5) is 15.4. The van der Waals surface area contributed by atoms with Gasteiger partial charge in [-0.3, -0.25) is 9.69 Å². The van der Waals surface area contributed by atoms with Gasteiger partial charge >= 0.3 is 0 Å². The highest BCUT2D eigenvalue weighted by Gasteiger charge is 2.25. The van der Waals surface area contributed by atoms with Crippen LogP contribution in [-0.2, 0) is 6.42 Å². The Morgan fingerprint density at radius 3 is 2.52 bits per heavy atom. The number of aliphatic hydroxyl groups is 1. The fourth-order valence-electron chi connectivity index (χ4n) is 3.91. The van der Waals surface area contributed by atoms with Crippen LogP contribution in [0, 0.1) is 0 Å². The number of likely N-dealkylation sites (tertiary alicyclic amines) is 1. The van der Waals surface area contributed by atoms with Crippen molar-refractivity contribution in [3.63, 3.8) is 0 Å². The molecule has 1 aliphatic heterocycles. The van der Waals surface area contributed by atoms with Gasteiger partial charge in [0.1, 0.15) is 18.1 Å². The minimum atomic E-state index is -0.136. The van der Waals surface area contributed by atoms with Gasteiger partial charge in [-0.1, -0.05) is 24.3 Å². The van der Waals surface area contributed by atoms with Gasteiger partial charge in [0.05, 0.1) is 5.57 Å². The van der Waals surface area contributed by atoms with E-state index in [1.165, 1.54) is 12.8 Å². The third-order valence-electron chi connectivity index (χ3n) is 5.42. The smallest absolute Gasteiger partial charge is 0.197 e. The van der Waals surface area contributed by atoms with Gasteiger partial charge in [0, 0.05) is 18.5 Å². The molecule has 2 aromatic rings. The molecule has 0 saturated carbocycles. The number of aryl methyl sites for hydroxylation is 1. The minimum absolute atomic E-state index is 0.136. The number of aliphatic hydroxyl groups excluding tert-OH is 1. The monoisotopic (exact) mass is 363 g/mol. The third kappa shape index (κ3) is 3.91. The van der Waals surface area contributed by atoms with Crippen molar-refractivity contribution in [1.29, 1.82) is 0 Å². The van der Waals surface area contributed by atoms with Crippen LogP contribution in [0.4, 0.5) is 0 Å². The first kappa shape index (κ1) is 17.8. The molecule has 1 aliphatic carbocycles. The lowest BCUT2D eigenvalue weighted by molar-refractivity contribution is 0.105. The molecule has 0 radical (unpaired) electrons. The lowest BCUT2D eigenvalue weighted by Gasteiger charge is -2.19. The molecule has 1 heterocycles. The number of ether oxygens (including phenoxy) is 1. The van der Waals surface area contributed by atoms with E-state index in [1.807, 2.05) is 36.4 Å². The number of allylic oxidation sites excluding steroid dienone is 2. The fourth-order valence-corrected chi connectivity index (χ4v) is 3.91. The number of Topliss-reactive ketones (excluding diaryl/α,β-unsaturated/α-hetero) is 1. The van der Waals surface area contributed by atoms with Crippen LogP contribution in [0.1, 0.15) is 40.7 Å². The first-order valence-corrected chi connectivity index (χ1v) is 9.73. The van der Waals surface area contributed by atoms with Crippen molar-refractivity contribution in [3.8, 4) is 5.75 Å². The number of carbonyl (C=O) groups is 1. The van der Waals surface area contributed by atoms with E-state index in [4.69, 9.17) is 4.74 Å². The Labute approximate surface area is 160 Å². The number of nitrogens with zero attached hydrogens (tertiary/aromatic N) is 1. The Balaban J connectivity index is 1.44. The van der Waals surface area contributed by atoms with Crippen LogP contribution in [0.15, 0.2) is 54.3 Å². The Bertz CT molecular complexity index is 848. The number of rotatable bonds is 6. The number of carbonyl (C=O) groups excluding carboxylic acids is 1. The molecule has 1 N–H and O–H groups in total. The minimum Gasteiger partial charge on any atom is -0.512 e. The Morgan fingerprint density at radius 1 is 1.00 bits per heavy atom. The van der Waals surface area contributed by atoms with Gasteiger partial charge in [0.2, 0.25) is 0 Å². The summed E-state index contributed by atoms with van der Waals surface area (Å²) in [7, 11) is 0. The summed E-state index contributed by atoms with van der Waals surface area (Å²) in [6.45, 7) is 3.93. The largest absolute Gasteiger partial charge is 0.512 e. The normalized spacial score (nSPS) is 17.0. The molecule has 0 atom stereocenters. The second-order valence-corrected chi connectivity index (χ2v) is 7.23. The van der Waals surface area contributed by atoms with Crippen molar-refractivity contribution in [2.75, 3.05) is 26.2 Å². The van der Waals surface area contributed by atoms with Gasteiger partial charge in [-0.05, 0) is 67.7 Å². The predicted octanol–water partition coefficient (Wildman–Crippen LogP) is 4.26. The lowest BCUT2D eigenvalue weighted by atomic mass is 9.85. The van der Waals surface area contributed by atoms with E-state index in [9.17, 15) is 9.90 Å². The van der Waals surface area contributed by atoms with Crippen LogP contribution in [0.5, 0.6) is 5.75 Å². The highest BCUT2D eigenvalue weighted by molar-refractivity contribution is 6.29. The number of benzene rings is 2. The number of hydrogen-bond donors (Lipinski definition) is 1. The van der Waals surface area contributed by atoms with E-state index in [2.05, 4.69) is 4.90 Å². The third-order valence-corrected chi connectivity index (χ3v) is 5.42. The number of fused-ring (bicyclic) bond motifs is 1. The highest BCUT2D eigenvalue weighted by atomic mass is 16.5. The molecule has 0 aromatic heterocycles. The van der Waals surface area contributed by atoms with Crippen LogP contribution in [0.3, 0.4) is 0 Å². The van der Waals surface area contributed by atoms with E-state index < -0.39 is 0 Å². The molecule has 1 saturated heterocycles. The van der Waals surface area contributed by atoms with E-state index in [0.717, 1.165) is 42.9 Å². The second kappa shape index (κ2) is 7.97. The van der Waals surface area contributed by atoms with Crippen molar-refractivity contribution in [1.82, 2.24) is 4.90 Å². The van der Waals surface area contributed by atoms with Gasteiger partial charge in [0.25, 0.3) is 0 Å². The molecule has 0 bridgehead atoms. The molecule has 2 aromatic carbocycles. The second-order valence-electron chi connectivity index (χ2n) is 7.23. The van der Waals surface area contributed by atoms with Crippen molar-refractivity contribution < 1.29 is 14.6 Å². The Hall–Kier alpha value is -2.59. The summed E-state index contributed by atoms with van der Waals surface area (Å²) < 4.78 is 5.81. The molecule has 0 spiro atoms. The zero-order valence-corrected chi connectivity index (χ0v) is 15.5. The molecule has 140 valence electrons. The average molecular weight is 363 g/mol. The van der Waals surface area contributed by atoms with E-state index >= 15 is 0 Å². The summed E-state index contributed by atoms with van der Waals surface area (Å²) in [5, 5.41) is 10.4. The summed E-state index contributed by atoms with van der Waals surface area (Å²) in [6.07, 6.45) is 3.84. The molecule has 0 unspecified atom stereocenters. The topological polar surface area (TPSA) is 49.8 Å². The standard InChI is InChI=1S/C23H25NO3/c25-21-12-9-17-5-1-2-6-20(17)22(21)23(26)18-7-10-19(11-8-18)27-16-15-24-13-3-4-14-24/h1-2,5-8,10-11,25H,3-4,9,12-16H2. The number of hydrogen-bond acceptors (Lipinski definition) is 4. The molecule has 4 nitrogen and oxygen atoms in total. The van der Waals surface area contributed by atoms with Gasteiger partial charge < -0.3 is 9.84 Å². The lowest BCUT2D eigenvalue weighted by Crippen LogP contribution is -2.25. The molecule has 2 aliphatic rings. The van der Waals surface area contributed by atoms with Crippen LogP contribution < -0.4 is 4.74 Å². The molecular formula is C23H25NO3. The highest BCUT2D eigenvalue weighted by Crippen LogP contribution is 2.32. The zero-order valence-electron chi connectivity index (χ0n) is 15.5.